The summed E-state index contributed by atoms with van der Waals surface area (Å²) in [4.78, 5) is 40.4. The molecule has 1 N–H and O–H groups in total. The van der Waals surface area contributed by atoms with Crippen molar-refractivity contribution in [1.29, 1.82) is 0 Å². The molecule has 0 radical (unpaired) electrons. The Hall–Kier alpha value is -2.54. The second-order valence-corrected chi connectivity index (χ2v) is 8.65. The summed E-state index contributed by atoms with van der Waals surface area (Å²) in [6.07, 6.45) is 1.95. The molecule has 2 amide bonds. The Balaban J connectivity index is 1.61. The first kappa shape index (κ1) is 19.8. The lowest BCUT2D eigenvalue weighted by Crippen LogP contribution is -2.41. The Morgan fingerprint density at radius 1 is 0.966 bits per heavy atom. The quantitative estimate of drug-likeness (QED) is 0.553. The van der Waals surface area contributed by atoms with Gasteiger partial charge in [0.15, 0.2) is 0 Å². The minimum absolute atomic E-state index is 0.113. The van der Waals surface area contributed by atoms with Gasteiger partial charge in [-0.25, -0.2) is 0 Å². The number of thioether (sulfide) groups is 1. The van der Waals surface area contributed by atoms with E-state index in [1.54, 1.807) is 6.07 Å². The van der Waals surface area contributed by atoms with Crippen molar-refractivity contribution >= 4 is 46.0 Å². The molecule has 152 valence electrons. The van der Waals surface area contributed by atoms with Gasteiger partial charge < -0.3 is 10.0 Å². The van der Waals surface area contributed by atoms with Gasteiger partial charge in [-0.05, 0) is 31.0 Å². The SMILES string of the molecule is O=C(O)CCCCCN1C(=O)c2cccc3c(N4CCSCC4)ccc(c23)C1=O. The number of carbonyl (C=O) groups is 3. The molecule has 0 bridgehead atoms. The molecule has 2 aromatic carbocycles. The fourth-order valence-corrected chi connectivity index (χ4v) is 5.04. The van der Waals surface area contributed by atoms with Gasteiger partial charge in [-0.15, -0.1) is 0 Å². The molecular formula is C22H24N2O4S. The van der Waals surface area contributed by atoms with Gasteiger partial charge in [0.05, 0.1) is 0 Å². The molecule has 0 unspecified atom stereocenters. The number of hydrogen-bond donors (Lipinski definition) is 1. The van der Waals surface area contributed by atoms with Crippen molar-refractivity contribution in [3.8, 4) is 0 Å². The summed E-state index contributed by atoms with van der Waals surface area (Å²) < 4.78 is 0. The number of nitrogens with zero attached hydrogens (tertiary/aromatic N) is 2. The van der Waals surface area contributed by atoms with E-state index < -0.39 is 5.97 Å². The second kappa shape index (κ2) is 8.45. The molecule has 4 rings (SSSR count). The molecule has 2 heterocycles. The number of amides is 2. The van der Waals surface area contributed by atoms with Crippen LogP contribution in [0.15, 0.2) is 30.3 Å². The normalized spacial score (nSPS) is 16.6. The maximum absolute atomic E-state index is 13.1. The van der Waals surface area contributed by atoms with Gasteiger partial charge in [0.1, 0.15) is 0 Å². The van der Waals surface area contributed by atoms with Crippen LogP contribution < -0.4 is 4.90 Å². The standard InChI is InChI=1S/C22H24N2O4S/c25-19(26)7-2-1-3-10-24-21(27)16-6-4-5-15-18(23-11-13-29-14-12-23)9-8-17(20(15)16)22(24)28/h4-6,8-9H,1-3,7,10-14H2,(H,25,26). The number of anilines is 1. The zero-order chi connectivity index (χ0) is 20.4. The van der Waals surface area contributed by atoms with E-state index in [-0.39, 0.29) is 18.2 Å². The third-order valence-electron chi connectivity index (χ3n) is 5.59. The first-order chi connectivity index (χ1) is 14.1. The van der Waals surface area contributed by atoms with Crippen LogP contribution in [0.4, 0.5) is 5.69 Å². The fraction of sp³-hybridized carbons (Fsp3) is 0.409. The summed E-state index contributed by atoms with van der Waals surface area (Å²) in [5, 5.41) is 10.5. The van der Waals surface area contributed by atoms with Gasteiger partial charge in [0.2, 0.25) is 0 Å². The van der Waals surface area contributed by atoms with Gasteiger partial charge in [-0.3, -0.25) is 19.3 Å². The lowest BCUT2D eigenvalue weighted by Gasteiger charge is -2.32. The number of benzene rings is 2. The van der Waals surface area contributed by atoms with E-state index in [1.807, 2.05) is 36.0 Å². The number of carboxylic acids is 1. The van der Waals surface area contributed by atoms with Crippen LogP contribution in [0, 0.1) is 0 Å². The topological polar surface area (TPSA) is 77.9 Å². The molecule has 0 atom stereocenters. The van der Waals surface area contributed by atoms with Crippen LogP contribution in [0.25, 0.3) is 10.8 Å². The summed E-state index contributed by atoms with van der Waals surface area (Å²) in [5.74, 6) is 0.835. The minimum atomic E-state index is -0.821. The third-order valence-corrected chi connectivity index (χ3v) is 6.54. The Kier molecular flexibility index (Phi) is 5.76. The summed E-state index contributed by atoms with van der Waals surface area (Å²) in [7, 11) is 0. The lowest BCUT2D eigenvalue weighted by molar-refractivity contribution is -0.137. The molecule has 2 aromatic rings. The largest absolute Gasteiger partial charge is 0.481 e. The van der Waals surface area contributed by atoms with Crippen molar-refractivity contribution in [3.63, 3.8) is 0 Å². The summed E-state index contributed by atoms with van der Waals surface area (Å²) in [5.41, 5.74) is 2.25. The van der Waals surface area contributed by atoms with E-state index in [1.165, 1.54) is 4.90 Å². The fourth-order valence-electron chi connectivity index (χ4n) is 4.14. The van der Waals surface area contributed by atoms with Gasteiger partial charge in [0, 0.05) is 65.1 Å². The van der Waals surface area contributed by atoms with Crippen molar-refractivity contribution in [1.82, 2.24) is 4.90 Å². The minimum Gasteiger partial charge on any atom is -0.481 e. The van der Waals surface area contributed by atoms with Gasteiger partial charge in [-0.2, -0.15) is 11.8 Å². The summed E-state index contributed by atoms with van der Waals surface area (Å²) in [6.45, 7) is 2.25. The highest BCUT2D eigenvalue weighted by atomic mass is 32.2. The van der Waals surface area contributed by atoms with Crippen molar-refractivity contribution in [3.05, 3.63) is 41.5 Å². The zero-order valence-electron chi connectivity index (χ0n) is 16.2. The summed E-state index contributed by atoms with van der Waals surface area (Å²) >= 11 is 1.95. The van der Waals surface area contributed by atoms with Crippen LogP contribution in [0.5, 0.6) is 0 Å². The van der Waals surface area contributed by atoms with E-state index in [0.29, 0.717) is 36.9 Å². The van der Waals surface area contributed by atoms with Crippen molar-refractivity contribution < 1.29 is 19.5 Å². The Labute approximate surface area is 173 Å². The first-order valence-corrected chi connectivity index (χ1v) is 11.2. The van der Waals surface area contributed by atoms with Gasteiger partial charge in [0.25, 0.3) is 11.8 Å². The predicted octanol–water partition coefficient (Wildman–Crippen LogP) is 3.63. The highest BCUT2D eigenvalue weighted by molar-refractivity contribution is 7.99. The van der Waals surface area contributed by atoms with E-state index in [4.69, 9.17) is 5.11 Å². The molecular weight excluding hydrogens is 388 g/mol. The molecule has 2 aliphatic rings. The highest BCUT2D eigenvalue weighted by Crippen LogP contribution is 2.36. The maximum Gasteiger partial charge on any atom is 0.303 e. The molecule has 0 spiro atoms. The number of hydrogen-bond acceptors (Lipinski definition) is 5. The Morgan fingerprint density at radius 2 is 1.69 bits per heavy atom. The molecule has 0 aliphatic carbocycles. The smallest absolute Gasteiger partial charge is 0.303 e. The number of imide groups is 1. The Morgan fingerprint density at radius 3 is 2.41 bits per heavy atom. The average Bonchev–Trinajstić information content (AvgIpc) is 2.74. The second-order valence-electron chi connectivity index (χ2n) is 7.43. The molecule has 0 aromatic heterocycles. The molecule has 0 saturated carbocycles. The number of aliphatic carboxylic acids is 1. The Bertz CT molecular complexity index is 946. The molecule has 6 nitrogen and oxygen atoms in total. The maximum atomic E-state index is 13.1. The van der Waals surface area contributed by atoms with Crippen LogP contribution in [0.2, 0.25) is 0 Å². The van der Waals surface area contributed by atoms with E-state index >= 15 is 0 Å². The number of carbonyl (C=O) groups excluding carboxylic acids is 2. The van der Waals surface area contributed by atoms with Crippen molar-refractivity contribution in [2.45, 2.75) is 25.7 Å². The average molecular weight is 413 g/mol. The molecule has 7 heteroatoms. The molecule has 1 fully saturated rings. The van der Waals surface area contributed by atoms with Crippen LogP contribution in [-0.4, -0.2) is 58.9 Å². The highest BCUT2D eigenvalue weighted by Gasteiger charge is 2.33. The van der Waals surface area contributed by atoms with E-state index in [2.05, 4.69) is 4.90 Å². The molecule has 2 aliphatic heterocycles. The van der Waals surface area contributed by atoms with E-state index in [9.17, 15) is 14.4 Å². The lowest BCUT2D eigenvalue weighted by atomic mass is 9.92. The number of rotatable bonds is 7. The van der Waals surface area contributed by atoms with Crippen molar-refractivity contribution in [2.24, 2.45) is 0 Å². The van der Waals surface area contributed by atoms with Crippen LogP contribution >= 0.6 is 11.8 Å². The van der Waals surface area contributed by atoms with Crippen LogP contribution in [0.3, 0.4) is 0 Å². The van der Waals surface area contributed by atoms with Crippen molar-refractivity contribution in [2.75, 3.05) is 36.0 Å². The first-order valence-electron chi connectivity index (χ1n) is 10.0. The predicted molar refractivity (Wildman–Crippen MR) is 115 cm³/mol. The van der Waals surface area contributed by atoms with Gasteiger partial charge in [-0.1, -0.05) is 18.6 Å². The zero-order valence-corrected chi connectivity index (χ0v) is 17.0. The number of unbranched alkanes of at least 4 members (excludes halogenated alkanes) is 2. The molecule has 29 heavy (non-hydrogen) atoms. The van der Waals surface area contributed by atoms with Crippen LogP contribution in [0.1, 0.15) is 46.4 Å². The van der Waals surface area contributed by atoms with Crippen LogP contribution in [-0.2, 0) is 4.79 Å². The number of carboxylic acid groups (broad SMARTS) is 1. The monoisotopic (exact) mass is 412 g/mol. The third kappa shape index (κ3) is 3.83. The summed E-state index contributed by atoms with van der Waals surface area (Å²) in [6, 6.07) is 9.56. The van der Waals surface area contributed by atoms with Gasteiger partial charge >= 0.3 is 5.97 Å². The molecule has 1 saturated heterocycles. The van der Waals surface area contributed by atoms with E-state index in [0.717, 1.165) is 41.1 Å².